The van der Waals surface area contributed by atoms with E-state index in [-0.39, 0.29) is 13.1 Å². The number of nitrogens with one attached hydrogen (secondary N) is 1. The van der Waals surface area contributed by atoms with Crippen LogP contribution in [-0.2, 0) is 4.79 Å². The van der Waals surface area contributed by atoms with E-state index < -0.39 is 24.2 Å². The van der Waals surface area contributed by atoms with Gasteiger partial charge in [-0.15, -0.1) is 0 Å². The van der Waals surface area contributed by atoms with Crippen molar-refractivity contribution in [1.82, 2.24) is 10.2 Å². The van der Waals surface area contributed by atoms with Gasteiger partial charge in [-0.25, -0.2) is 0 Å². The van der Waals surface area contributed by atoms with Crippen LogP contribution >= 0.6 is 0 Å². The summed E-state index contributed by atoms with van der Waals surface area (Å²) < 4.78 is 37.4. The van der Waals surface area contributed by atoms with Crippen LogP contribution in [0.2, 0.25) is 0 Å². The minimum atomic E-state index is -4.28. The van der Waals surface area contributed by atoms with Gasteiger partial charge in [-0.05, 0) is 32.9 Å². The van der Waals surface area contributed by atoms with Crippen molar-refractivity contribution in [3.05, 3.63) is 0 Å². The lowest BCUT2D eigenvalue weighted by Gasteiger charge is -2.34. The average Bonchev–Trinajstić information content (AvgIpc) is 2.24. The number of rotatable bonds is 9. The fourth-order valence-electron chi connectivity index (χ4n) is 1.85. The zero-order valence-electron chi connectivity index (χ0n) is 11.8. The quantitative estimate of drug-likeness (QED) is 0.674. The predicted octanol–water partition coefficient (Wildman–Crippen LogP) is 1.50. The average molecular weight is 283 g/mol. The van der Waals surface area contributed by atoms with E-state index in [0.29, 0.717) is 13.0 Å². The van der Waals surface area contributed by atoms with Crippen molar-refractivity contribution < 1.29 is 18.0 Å². The van der Waals surface area contributed by atoms with Crippen LogP contribution in [0.3, 0.4) is 0 Å². The predicted molar refractivity (Wildman–Crippen MR) is 68.7 cm³/mol. The minimum Gasteiger partial charge on any atom is -0.368 e. The Kier molecular flexibility index (Phi) is 7.36. The summed E-state index contributed by atoms with van der Waals surface area (Å²) in [6, 6.07) is 0. The molecule has 0 radical (unpaired) electrons. The molecular formula is C12H24F3N3O. The van der Waals surface area contributed by atoms with E-state index in [9.17, 15) is 18.0 Å². The molecule has 0 aromatic carbocycles. The van der Waals surface area contributed by atoms with E-state index in [0.717, 1.165) is 6.42 Å². The first kappa shape index (κ1) is 18.2. The third-order valence-corrected chi connectivity index (χ3v) is 2.79. The van der Waals surface area contributed by atoms with Gasteiger partial charge in [-0.2, -0.15) is 13.2 Å². The van der Waals surface area contributed by atoms with Gasteiger partial charge in [-0.1, -0.05) is 13.8 Å². The molecule has 0 saturated carbocycles. The molecule has 1 unspecified atom stereocenters. The van der Waals surface area contributed by atoms with Gasteiger partial charge < -0.3 is 11.1 Å². The fourth-order valence-corrected chi connectivity index (χ4v) is 1.85. The molecule has 0 heterocycles. The summed E-state index contributed by atoms with van der Waals surface area (Å²) in [5, 5.41) is 2.94. The van der Waals surface area contributed by atoms with Crippen molar-refractivity contribution in [2.45, 2.75) is 45.3 Å². The number of amides is 1. The summed E-state index contributed by atoms with van der Waals surface area (Å²) in [4.78, 5) is 12.7. The Labute approximate surface area is 112 Å². The summed E-state index contributed by atoms with van der Waals surface area (Å²) in [7, 11) is 0. The van der Waals surface area contributed by atoms with Crippen molar-refractivity contribution in [3.8, 4) is 0 Å². The van der Waals surface area contributed by atoms with Gasteiger partial charge in [0.2, 0.25) is 5.91 Å². The largest absolute Gasteiger partial charge is 0.401 e. The summed E-state index contributed by atoms with van der Waals surface area (Å²) >= 11 is 0. The SMILES string of the molecule is CCCNC(C)(CN(CCC)CC(F)(F)F)C(N)=O. The molecule has 3 N–H and O–H groups in total. The Balaban J connectivity index is 4.78. The Hall–Kier alpha value is -0.820. The standard InChI is InChI=1S/C12H24F3N3O/c1-4-6-17-11(3,10(16)19)8-18(7-5-2)9-12(13,14)15/h17H,4-9H2,1-3H3,(H2,16,19). The molecule has 0 aliphatic carbocycles. The molecule has 114 valence electrons. The number of primary amides is 1. The minimum absolute atomic E-state index is 0.0459. The second-order valence-electron chi connectivity index (χ2n) is 4.95. The molecule has 0 rings (SSSR count). The summed E-state index contributed by atoms with van der Waals surface area (Å²) in [5.41, 5.74) is 4.17. The second-order valence-corrected chi connectivity index (χ2v) is 4.95. The Morgan fingerprint density at radius 1 is 1.21 bits per heavy atom. The van der Waals surface area contributed by atoms with E-state index in [1.54, 1.807) is 13.8 Å². The van der Waals surface area contributed by atoms with Gasteiger partial charge in [0.15, 0.2) is 0 Å². The molecule has 0 spiro atoms. The maximum Gasteiger partial charge on any atom is 0.401 e. The number of hydrogen-bond acceptors (Lipinski definition) is 3. The van der Waals surface area contributed by atoms with E-state index in [1.165, 1.54) is 4.90 Å². The topological polar surface area (TPSA) is 58.4 Å². The van der Waals surface area contributed by atoms with Crippen molar-refractivity contribution in [3.63, 3.8) is 0 Å². The maximum atomic E-state index is 12.5. The molecule has 1 atom stereocenters. The highest BCUT2D eigenvalue weighted by atomic mass is 19.4. The first-order chi connectivity index (χ1) is 8.64. The number of nitrogens with zero attached hydrogens (tertiary/aromatic N) is 1. The Morgan fingerprint density at radius 3 is 2.16 bits per heavy atom. The molecule has 0 saturated heterocycles. The molecule has 0 aromatic heterocycles. The molecular weight excluding hydrogens is 259 g/mol. The third-order valence-electron chi connectivity index (χ3n) is 2.79. The van der Waals surface area contributed by atoms with E-state index in [2.05, 4.69) is 5.32 Å². The molecule has 0 aromatic rings. The second kappa shape index (κ2) is 7.69. The molecule has 0 fully saturated rings. The van der Waals surface area contributed by atoms with Gasteiger partial charge >= 0.3 is 6.18 Å². The van der Waals surface area contributed by atoms with Crippen LogP contribution < -0.4 is 11.1 Å². The normalized spacial score (nSPS) is 15.5. The van der Waals surface area contributed by atoms with Crippen LogP contribution in [0.4, 0.5) is 13.2 Å². The van der Waals surface area contributed by atoms with Gasteiger partial charge in [-0.3, -0.25) is 9.69 Å². The van der Waals surface area contributed by atoms with E-state index in [1.807, 2.05) is 6.92 Å². The van der Waals surface area contributed by atoms with Crippen molar-refractivity contribution in [1.29, 1.82) is 0 Å². The zero-order chi connectivity index (χ0) is 15.1. The van der Waals surface area contributed by atoms with Crippen molar-refractivity contribution in [2.24, 2.45) is 5.73 Å². The number of hydrogen-bond donors (Lipinski definition) is 2. The number of carbonyl (C=O) groups is 1. The van der Waals surface area contributed by atoms with E-state index in [4.69, 9.17) is 5.73 Å². The zero-order valence-corrected chi connectivity index (χ0v) is 11.8. The van der Waals surface area contributed by atoms with Crippen LogP contribution in [0.5, 0.6) is 0 Å². The lowest BCUT2D eigenvalue weighted by atomic mass is 10.00. The summed E-state index contributed by atoms with van der Waals surface area (Å²) in [6.45, 7) is 4.98. The molecule has 4 nitrogen and oxygen atoms in total. The molecule has 1 amide bonds. The maximum absolute atomic E-state index is 12.5. The van der Waals surface area contributed by atoms with Crippen LogP contribution in [0, 0.1) is 0 Å². The number of alkyl halides is 3. The van der Waals surface area contributed by atoms with Crippen LogP contribution in [-0.4, -0.2) is 48.7 Å². The monoisotopic (exact) mass is 283 g/mol. The highest BCUT2D eigenvalue weighted by Crippen LogP contribution is 2.18. The third kappa shape index (κ3) is 7.37. The first-order valence-electron chi connectivity index (χ1n) is 6.48. The van der Waals surface area contributed by atoms with Gasteiger partial charge in [0.25, 0.3) is 0 Å². The smallest absolute Gasteiger partial charge is 0.368 e. The van der Waals surface area contributed by atoms with Crippen LogP contribution in [0.25, 0.3) is 0 Å². The summed E-state index contributed by atoms with van der Waals surface area (Å²) in [5.74, 6) is -0.635. The lowest BCUT2D eigenvalue weighted by Crippen LogP contribution is -2.60. The molecule has 0 aliphatic rings. The lowest BCUT2D eigenvalue weighted by molar-refractivity contribution is -0.150. The van der Waals surface area contributed by atoms with Crippen molar-refractivity contribution in [2.75, 3.05) is 26.2 Å². The molecule has 0 bridgehead atoms. The fraction of sp³-hybridized carbons (Fsp3) is 0.917. The molecule has 0 aliphatic heterocycles. The van der Waals surface area contributed by atoms with Crippen molar-refractivity contribution >= 4 is 5.91 Å². The first-order valence-corrected chi connectivity index (χ1v) is 6.48. The van der Waals surface area contributed by atoms with Crippen LogP contribution in [0.15, 0.2) is 0 Å². The molecule has 7 heteroatoms. The number of halogens is 3. The van der Waals surface area contributed by atoms with E-state index >= 15 is 0 Å². The van der Waals surface area contributed by atoms with Crippen LogP contribution in [0.1, 0.15) is 33.6 Å². The van der Waals surface area contributed by atoms with Gasteiger partial charge in [0, 0.05) is 6.54 Å². The molecule has 19 heavy (non-hydrogen) atoms. The number of carbonyl (C=O) groups excluding carboxylic acids is 1. The van der Waals surface area contributed by atoms with Gasteiger partial charge in [0.1, 0.15) is 5.54 Å². The van der Waals surface area contributed by atoms with Gasteiger partial charge in [0.05, 0.1) is 6.54 Å². The Bertz CT molecular complexity index is 284. The Morgan fingerprint density at radius 2 is 1.79 bits per heavy atom. The highest BCUT2D eigenvalue weighted by Gasteiger charge is 2.37. The highest BCUT2D eigenvalue weighted by molar-refractivity contribution is 5.84. The summed E-state index contributed by atoms with van der Waals surface area (Å²) in [6.07, 6.45) is -2.92. The number of nitrogens with two attached hydrogens (primary N) is 1.